The SMILES string of the molecule is O=C(c1ccccn1)N1CCN(C2CC2)CC1c1ccccc1. The Balaban J connectivity index is 1.62. The van der Waals surface area contributed by atoms with Gasteiger partial charge >= 0.3 is 0 Å². The van der Waals surface area contributed by atoms with Crippen molar-refractivity contribution >= 4 is 5.91 Å². The first-order valence-corrected chi connectivity index (χ1v) is 8.34. The summed E-state index contributed by atoms with van der Waals surface area (Å²) in [5.74, 6) is 0.0369. The average molecular weight is 307 g/mol. The van der Waals surface area contributed by atoms with E-state index in [0.717, 1.165) is 25.7 Å². The Morgan fingerprint density at radius 2 is 1.78 bits per heavy atom. The Morgan fingerprint density at radius 1 is 1.00 bits per heavy atom. The number of pyridine rings is 1. The largest absolute Gasteiger partial charge is 0.328 e. The van der Waals surface area contributed by atoms with E-state index in [9.17, 15) is 4.79 Å². The Morgan fingerprint density at radius 3 is 2.48 bits per heavy atom. The van der Waals surface area contributed by atoms with E-state index in [0.29, 0.717) is 5.69 Å². The van der Waals surface area contributed by atoms with Crippen LogP contribution < -0.4 is 0 Å². The lowest BCUT2D eigenvalue weighted by atomic mass is 10.0. The van der Waals surface area contributed by atoms with Gasteiger partial charge in [0.15, 0.2) is 0 Å². The van der Waals surface area contributed by atoms with E-state index < -0.39 is 0 Å². The van der Waals surface area contributed by atoms with Crippen LogP contribution in [0, 0.1) is 0 Å². The van der Waals surface area contributed by atoms with Crippen molar-refractivity contribution in [1.82, 2.24) is 14.8 Å². The van der Waals surface area contributed by atoms with Gasteiger partial charge < -0.3 is 4.90 Å². The normalized spacial score (nSPS) is 22.1. The summed E-state index contributed by atoms with van der Waals surface area (Å²) in [7, 11) is 0. The topological polar surface area (TPSA) is 36.4 Å². The summed E-state index contributed by atoms with van der Waals surface area (Å²) in [6.07, 6.45) is 4.29. The number of amides is 1. The van der Waals surface area contributed by atoms with E-state index in [4.69, 9.17) is 0 Å². The minimum Gasteiger partial charge on any atom is -0.328 e. The van der Waals surface area contributed by atoms with Crippen molar-refractivity contribution < 1.29 is 4.79 Å². The zero-order valence-corrected chi connectivity index (χ0v) is 13.1. The number of benzene rings is 1. The van der Waals surface area contributed by atoms with Crippen molar-refractivity contribution in [2.75, 3.05) is 19.6 Å². The second-order valence-electron chi connectivity index (χ2n) is 6.37. The smallest absolute Gasteiger partial charge is 0.273 e. The highest BCUT2D eigenvalue weighted by molar-refractivity contribution is 5.92. The fourth-order valence-corrected chi connectivity index (χ4v) is 3.42. The maximum Gasteiger partial charge on any atom is 0.273 e. The van der Waals surface area contributed by atoms with Crippen LogP contribution in [0.25, 0.3) is 0 Å². The molecule has 1 saturated carbocycles. The molecule has 1 unspecified atom stereocenters. The van der Waals surface area contributed by atoms with Crippen molar-refractivity contribution in [2.24, 2.45) is 0 Å². The summed E-state index contributed by atoms with van der Waals surface area (Å²) in [5.41, 5.74) is 1.75. The van der Waals surface area contributed by atoms with Crippen LogP contribution in [-0.4, -0.2) is 46.4 Å². The van der Waals surface area contributed by atoms with Gasteiger partial charge in [-0.1, -0.05) is 36.4 Å². The molecule has 1 aromatic carbocycles. The minimum absolute atomic E-state index is 0.0369. The number of aromatic nitrogens is 1. The van der Waals surface area contributed by atoms with Crippen LogP contribution >= 0.6 is 0 Å². The molecular formula is C19H21N3O. The fraction of sp³-hybridized carbons (Fsp3) is 0.368. The average Bonchev–Trinajstić information content (AvgIpc) is 3.47. The summed E-state index contributed by atoms with van der Waals surface area (Å²) >= 11 is 0. The summed E-state index contributed by atoms with van der Waals surface area (Å²) in [6, 6.07) is 16.7. The molecular weight excluding hydrogens is 286 g/mol. The first-order valence-electron chi connectivity index (χ1n) is 8.34. The van der Waals surface area contributed by atoms with E-state index in [1.54, 1.807) is 12.3 Å². The molecule has 0 N–H and O–H groups in total. The van der Waals surface area contributed by atoms with Gasteiger partial charge in [-0.2, -0.15) is 0 Å². The van der Waals surface area contributed by atoms with Gasteiger partial charge in [0, 0.05) is 31.9 Å². The van der Waals surface area contributed by atoms with Crippen LogP contribution in [0.1, 0.15) is 34.9 Å². The molecule has 2 aromatic rings. The predicted octanol–water partition coefficient (Wildman–Crippen LogP) is 2.74. The van der Waals surface area contributed by atoms with Crippen molar-refractivity contribution in [3.8, 4) is 0 Å². The molecule has 4 rings (SSSR count). The number of rotatable bonds is 3. The lowest BCUT2D eigenvalue weighted by Crippen LogP contribution is -2.51. The summed E-state index contributed by atoms with van der Waals surface area (Å²) < 4.78 is 0. The number of hydrogen-bond donors (Lipinski definition) is 0. The quantitative estimate of drug-likeness (QED) is 0.875. The van der Waals surface area contributed by atoms with Gasteiger partial charge in [-0.15, -0.1) is 0 Å². The molecule has 1 atom stereocenters. The predicted molar refractivity (Wildman–Crippen MR) is 89.1 cm³/mol. The third kappa shape index (κ3) is 2.99. The Labute approximate surface area is 136 Å². The molecule has 1 amide bonds. The van der Waals surface area contributed by atoms with Crippen molar-refractivity contribution in [2.45, 2.75) is 24.9 Å². The molecule has 4 nitrogen and oxygen atoms in total. The molecule has 118 valence electrons. The zero-order valence-electron chi connectivity index (χ0n) is 13.1. The molecule has 23 heavy (non-hydrogen) atoms. The second-order valence-corrected chi connectivity index (χ2v) is 6.37. The molecule has 0 radical (unpaired) electrons. The summed E-state index contributed by atoms with van der Waals surface area (Å²) in [5, 5.41) is 0. The van der Waals surface area contributed by atoms with Crippen LogP contribution in [0.5, 0.6) is 0 Å². The summed E-state index contributed by atoms with van der Waals surface area (Å²) in [6.45, 7) is 2.66. The van der Waals surface area contributed by atoms with Gasteiger partial charge in [-0.3, -0.25) is 14.7 Å². The molecule has 1 aromatic heterocycles. The molecule has 0 spiro atoms. The highest BCUT2D eigenvalue weighted by Crippen LogP contribution is 2.33. The molecule has 1 aliphatic carbocycles. The van der Waals surface area contributed by atoms with Crippen LogP contribution in [0.15, 0.2) is 54.7 Å². The van der Waals surface area contributed by atoms with Gasteiger partial charge in [0.1, 0.15) is 5.69 Å². The van der Waals surface area contributed by atoms with E-state index >= 15 is 0 Å². The van der Waals surface area contributed by atoms with Crippen molar-refractivity contribution in [1.29, 1.82) is 0 Å². The standard InChI is InChI=1S/C19H21N3O/c23-19(17-8-4-5-11-20-17)22-13-12-21(16-9-10-16)14-18(22)15-6-2-1-3-7-15/h1-8,11,16,18H,9-10,12-14H2. The molecule has 2 fully saturated rings. The third-order valence-electron chi connectivity index (χ3n) is 4.80. The maximum atomic E-state index is 12.9. The van der Waals surface area contributed by atoms with Gasteiger partial charge in [-0.05, 0) is 30.5 Å². The number of nitrogens with zero attached hydrogens (tertiary/aromatic N) is 3. The van der Waals surface area contributed by atoms with Crippen LogP contribution in [0.3, 0.4) is 0 Å². The first kappa shape index (κ1) is 14.4. The summed E-state index contributed by atoms with van der Waals surface area (Å²) in [4.78, 5) is 21.7. The maximum absolute atomic E-state index is 12.9. The second kappa shape index (κ2) is 6.13. The molecule has 4 heteroatoms. The molecule has 0 bridgehead atoms. The van der Waals surface area contributed by atoms with Crippen LogP contribution in [0.2, 0.25) is 0 Å². The van der Waals surface area contributed by atoms with Gasteiger partial charge in [0.05, 0.1) is 6.04 Å². The fourth-order valence-electron chi connectivity index (χ4n) is 3.42. The minimum atomic E-state index is 0.0369. The molecule has 2 heterocycles. The molecule has 1 saturated heterocycles. The third-order valence-corrected chi connectivity index (χ3v) is 4.80. The van der Waals surface area contributed by atoms with Gasteiger partial charge in [-0.25, -0.2) is 0 Å². The molecule has 1 aliphatic heterocycles. The number of carbonyl (C=O) groups excluding carboxylic acids is 1. The first-order chi connectivity index (χ1) is 11.3. The Kier molecular flexibility index (Phi) is 3.83. The van der Waals surface area contributed by atoms with Crippen molar-refractivity contribution in [3.63, 3.8) is 0 Å². The highest BCUT2D eigenvalue weighted by atomic mass is 16.2. The number of piperazine rings is 1. The van der Waals surface area contributed by atoms with Gasteiger partial charge in [0.25, 0.3) is 5.91 Å². The molecule has 2 aliphatic rings. The van der Waals surface area contributed by atoms with Crippen LogP contribution in [-0.2, 0) is 0 Å². The van der Waals surface area contributed by atoms with E-state index in [1.807, 2.05) is 23.1 Å². The van der Waals surface area contributed by atoms with Crippen molar-refractivity contribution in [3.05, 3.63) is 66.0 Å². The Hall–Kier alpha value is -2.20. The van der Waals surface area contributed by atoms with E-state index in [1.165, 1.54) is 18.4 Å². The monoisotopic (exact) mass is 307 g/mol. The lowest BCUT2D eigenvalue weighted by Gasteiger charge is -2.41. The number of carbonyl (C=O) groups is 1. The van der Waals surface area contributed by atoms with E-state index in [2.05, 4.69) is 34.1 Å². The van der Waals surface area contributed by atoms with Crippen LogP contribution in [0.4, 0.5) is 0 Å². The zero-order chi connectivity index (χ0) is 15.6. The number of hydrogen-bond acceptors (Lipinski definition) is 3. The Bertz CT molecular complexity index is 670. The highest BCUT2D eigenvalue weighted by Gasteiger charge is 2.38. The van der Waals surface area contributed by atoms with E-state index in [-0.39, 0.29) is 11.9 Å². The lowest BCUT2D eigenvalue weighted by molar-refractivity contribution is 0.0427. The van der Waals surface area contributed by atoms with Gasteiger partial charge in [0.2, 0.25) is 0 Å².